The molecule has 2 nitrogen and oxygen atoms in total. The van der Waals surface area contributed by atoms with Gasteiger partial charge in [-0.1, -0.05) is 30.3 Å². The molecule has 0 aliphatic carbocycles. The Morgan fingerprint density at radius 2 is 1.86 bits per heavy atom. The fourth-order valence-corrected chi connectivity index (χ4v) is 1.62. The summed E-state index contributed by atoms with van der Waals surface area (Å²) < 4.78 is 5.27. The van der Waals surface area contributed by atoms with Crippen LogP contribution in [0.5, 0.6) is 5.88 Å². The van der Waals surface area contributed by atoms with Crippen LogP contribution in [-0.4, -0.2) is 12.1 Å². The van der Waals surface area contributed by atoms with Gasteiger partial charge >= 0.3 is 0 Å². The normalized spacial score (nSPS) is 10.1. The molecule has 0 aliphatic rings. The minimum Gasteiger partial charge on any atom is -0.482 e. The number of methoxy groups -OCH3 is 1. The molecule has 2 heteroatoms. The monoisotopic (exact) mass is 187 g/mol. The van der Waals surface area contributed by atoms with E-state index >= 15 is 0 Å². The molecule has 0 radical (unpaired) electrons. The summed E-state index contributed by atoms with van der Waals surface area (Å²) in [6.07, 6.45) is 1.96. The summed E-state index contributed by atoms with van der Waals surface area (Å²) in [4.78, 5) is 3.10. The second-order valence-electron chi connectivity index (χ2n) is 3.25. The van der Waals surface area contributed by atoms with Crippen LogP contribution in [0.3, 0.4) is 0 Å². The molecule has 1 aromatic heterocycles. The van der Waals surface area contributed by atoms with Crippen LogP contribution < -0.4 is 4.74 Å². The van der Waals surface area contributed by atoms with E-state index in [1.807, 2.05) is 24.4 Å². The molecule has 2 rings (SSSR count). The van der Waals surface area contributed by atoms with Gasteiger partial charge in [-0.05, 0) is 18.1 Å². The minimum absolute atomic E-state index is 0.828. The van der Waals surface area contributed by atoms with Gasteiger partial charge in [0.2, 0.25) is 0 Å². The first-order valence-corrected chi connectivity index (χ1v) is 4.60. The van der Waals surface area contributed by atoms with Crippen molar-refractivity contribution in [1.82, 2.24) is 4.98 Å². The zero-order chi connectivity index (χ0) is 9.97. The third-order valence-corrected chi connectivity index (χ3v) is 2.31. The van der Waals surface area contributed by atoms with Crippen LogP contribution in [0.4, 0.5) is 0 Å². The SMILES string of the molecule is COc1[nH]cc(C)c1-c1ccccc1. The quantitative estimate of drug-likeness (QED) is 0.768. The number of nitrogens with one attached hydrogen (secondary N) is 1. The van der Waals surface area contributed by atoms with E-state index in [1.165, 1.54) is 11.1 Å². The highest BCUT2D eigenvalue weighted by atomic mass is 16.5. The first kappa shape index (κ1) is 8.88. The Labute approximate surface area is 83.5 Å². The number of ether oxygens (including phenoxy) is 1. The topological polar surface area (TPSA) is 25.0 Å². The highest BCUT2D eigenvalue weighted by Gasteiger charge is 2.09. The minimum atomic E-state index is 0.828. The molecule has 2 aromatic rings. The lowest BCUT2D eigenvalue weighted by atomic mass is 10.1. The van der Waals surface area contributed by atoms with Gasteiger partial charge in [-0.15, -0.1) is 0 Å². The van der Waals surface area contributed by atoms with Gasteiger partial charge in [-0.2, -0.15) is 0 Å². The van der Waals surface area contributed by atoms with Crippen LogP contribution in [0, 0.1) is 6.92 Å². The summed E-state index contributed by atoms with van der Waals surface area (Å²) in [5.41, 5.74) is 3.53. The van der Waals surface area contributed by atoms with Gasteiger partial charge in [0.1, 0.15) is 0 Å². The molecule has 0 aliphatic heterocycles. The summed E-state index contributed by atoms with van der Waals surface area (Å²) in [7, 11) is 1.68. The zero-order valence-corrected chi connectivity index (χ0v) is 8.37. The Kier molecular flexibility index (Phi) is 2.27. The number of aromatic amines is 1. The van der Waals surface area contributed by atoms with Crippen molar-refractivity contribution in [2.45, 2.75) is 6.92 Å². The molecule has 1 aromatic carbocycles. The molecule has 0 atom stereocenters. The number of hydrogen-bond acceptors (Lipinski definition) is 1. The van der Waals surface area contributed by atoms with Gasteiger partial charge in [0, 0.05) is 11.8 Å². The van der Waals surface area contributed by atoms with Crippen molar-refractivity contribution < 1.29 is 4.74 Å². The molecule has 0 saturated carbocycles. The number of rotatable bonds is 2. The van der Waals surface area contributed by atoms with E-state index in [0.717, 1.165) is 11.4 Å². The molecule has 0 saturated heterocycles. The number of aryl methyl sites for hydroxylation is 1. The van der Waals surface area contributed by atoms with Crippen LogP contribution in [0.25, 0.3) is 11.1 Å². The van der Waals surface area contributed by atoms with Gasteiger partial charge in [-0.25, -0.2) is 0 Å². The number of H-pyrrole nitrogens is 1. The number of hydrogen-bond donors (Lipinski definition) is 1. The third-order valence-electron chi connectivity index (χ3n) is 2.31. The Hall–Kier alpha value is -1.70. The summed E-state index contributed by atoms with van der Waals surface area (Å²) in [5.74, 6) is 0.828. The fourth-order valence-electron chi connectivity index (χ4n) is 1.62. The van der Waals surface area contributed by atoms with Crippen LogP contribution in [0.1, 0.15) is 5.56 Å². The van der Waals surface area contributed by atoms with Crippen molar-refractivity contribution in [1.29, 1.82) is 0 Å². The standard InChI is InChI=1S/C12H13NO/c1-9-8-13-12(14-2)11(9)10-6-4-3-5-7-10/h3-8,13H,1-2H3. The lowest BCUT2D eigenvalue weighted by Crippen LogP contribution is -1.85. The third kappa shape index (κ3) is 1.39. The Morgan fingerprint density at radius 1 is 1.14 bits per heavy atom. The predicted octanol–water partition coefficient (Wildman–Crippen LogP) is 3.00. The lowest BCUT2D eigenvalue weighted by Gasteiger charge is -2.03. The van der Waals surface area contributed by atoms with Crippen molar-refractivity contribution in [3.05, 3.63) is 42.1 Å². The molecule has 72 valence electrons. The number of aromatic nitrogens is 1. The van der Waals surface area contributed by atoms with Gasteiger partial charge in [-0.3, -0.25) is 0 Å². The van der Waals surface area contributed by atoms with Gasteiger partial charge in [0.15, 0.2) is 5.88 Å². The van der Waals surface area contributed by atoms with E-state index in [0.29, 0.717) is 0 Å². The second-order valence-corrected chi connectivity index (χ2v) is 3.25. The van der Waals surface area contributed by atoms with Crippen molar-refractivity contribution in [2.75, 3.05) is 7.11 Å². The molecule has 0 spiro atoms. The maximum atomic E-state index is 5.27. The van der Waals surface area contributed by atoms with Gasteiger partial charge in [0.05, 0.1) is 7.11 Å². The summed E-state index contributed by atoms with van der Waals surface area (Å²) in [6, 6.07) is 10.2. The molecule has 0 fully saturated rings. The zero-order valence-electron chi connectivity index (χ0n) is 8.37. The van der Waals surface area contributed by atoms with Gasteiger partial charge < -0.3 is 9.72 Å². The first-order valence-electron chi connectivity index (χ1n) is 4.60. The highest BCUT2D eigenvalue weighted by molar-refractivity contribution is 5.72. The molecule has 1 heterocycles. The molecule has 0 unspecified atom stereocenters. The Bertz CT molecular complexity index is 417. The molecular formula is C12H13NO. The molecule has 1 N–H and O–H groups in total. The van der Waals surface area contributed by atoms with E-state index in [2.05, 4.69) is 24.0 Å². The van der Waals surface area contributed by atoms with E-state index in [-0.39, 0.29) is 0 Å². The first-order chi connectivity index (χ1) is 6.83. The molecular weight excluding hydrogens is 174 g/mol. The average Bonchev–Trinajstić information content (AvgIpc) is 2.61. The fraction of sp³-hybridized carbons (Fsp3) is 0.167. The highest BCUT2D eigenvalue weighted by Crippen LogP contribution is 2.31. The molecule has 0 amide bonds. The summed E-state index contributed by atoms with van der Waals surface area (Å²) in [6.45, 7) is 2.07. The van der Waals surface area contributed by atoms with E-state index in [1.54, 1.807) is 7.11 Å². The van der Waals surface area contributed by atoms with Crippen LogP contribution in [-0.2, 0) is 0 Å². The van der Waals surface area contributed by atoms with Crippen molar-refractivity contribution >= 4 is 0 Å². The van der Waals surface area contributed by atoms with Crippen LogP contribution >= 0.6 is 0 Å². The molecule has 14 heavy (non-hydrogen) atoms. The number of benzene rings is 1. The smallest absolute Gasteiger partial charge is 0.198 e. The lowest BCUT2D eigenvalue weighted by molar-refractivity contribution is 0.402. The van der Waals surface area contributed by atoms with E-state index in [9.17, 15) is 0 Å². The van der Waals surface area contributed by atoms with Gasteiger partial charge in [0.25, 0.3) is 0 Å². The average molecular weight is 187 g/mol. The van der Waals surface area contributed by atoms with Crippen molar-refractivity contribution in [3.8, 4) is 17.0 Å². The maximum absolute atomic E-state index is 5.27. The molecule has 0 bridgehead atoms. The largest absolute Gasteiger partial charge is 0.482 e. The van der Waals surface area contributed by atoms with Crippen LogP contribution in [0.15, 0.2) is 36.5 Å². The second kappa shape index (κ2) is 3.58. The summed E-state index contributed by atoms with van der Waals surface area (Å²) in [5, 5.41) is 0. The van der Waals surface area contributed by atoms with Crippen molar-refractivity contribution in [2.24, 2.45) is 0 Å². The summed E-state index contributed by atoms with van der Waals surface area (Å²) >= 11 is 0. The Morgan fingerprint density at radius 3 is 2.50 bits per heavy atom. The van der Waals surface area contributed by atoms with Crippen LogP contribution in [0.2, 0.25) is 0 Å². The predicted molar refractivity (Wildman–Crippen MR) is 57.5 cm³/mol. The van der Waals surface area contributed by atoms with E-state index in [4.69, 9.17) is 4.74 Å². The Balaban J connectivity index is 2.55. The maximum Gasteiger partial charge on any atom is 0.198 e. The van der Waals surface area contributed by atoms with Crippen molar-refractivity contribution in [3.63, 3.8) is 0 Å². The van der Waals surface area contributed by atoms with E-state index < -0.39 is 0 Å².